The first kappa shape index (κ1) is 29.0. The Balaban J connectivity index is 2.97. The second kappa shape index (κ2) is 28.0. The summed E-state index contributed by atoms with van der Waals surface area (Å²) in [6.07, 6.45) is 0. The second-order valence-corrected chi connectivity index (χ2v) is 6.06. The summed E-state index contributed by atoms with van der Waals surface area (Å²) >= 11 is 4.05. The number of thiol groups is 1. The number of hydrogen-bond acceptors (Lipinski definition) is 10. The third-order valence-corrected chi connectivity index (χ3v) is 3.45. The van der Waals surface area contributed by atoms with Crippen LogP contribution in [0, 0.1) is 0 Å². The van der Waals surface area contributed by atoms with E-state index in [1.54, 1.807) is 7.11 Å². The standard InChI is InChI=1S/C19H40O9S/c1-20-2-3-21-4-5-22-6-7-23-8-9-24-10-11-25-12-13-26-14-15-27-16-17-28-18-19-29/h29H,2-19H2,1H3. The number of ether oxygens (including phenoxy) is 9. The lowest BCUT2D eigenvalue weighted by atomic mass is 10.6. The molecular weight excluding hydrogens is 404 g/mol. The average molecular weight is 445 g/mol. The zero-order valence-corrected chi connectivity index (χ0v) is 18.7. The maximum absolute atomic E-state index is 5.42. The van der Waals surface area contributed by atoms with Crippen molar-refractivity contribution in [2.75, 3.05) is 125 Å². The van der Waals surface area contributed by atoms with E-state index in [-0.39, 0.29) is 0 Å². The van der Waals surface area contributed by atoms with Gasteiger partial charge in [0.25, 0.3) is 0 Å². The first-order chi connectivity index (χ1) is 14.4. The topological polar surface area (TPSA) is 83.1 Å². The van der Waals surface area contributed by atoms with Gasteiger partial charge in [-0.05, 0) is 0 Å². The molecule has 0 atom stereocenters. The van der Waals surface area contributed by atoms with Crippen molar-refractivity contribution in [1.82, 2.24) is 0 Å². The zero-order valence-electron chi connectivity index (χ0n) is 17.8. The molecule has 0 unspecified atom stereocenters. The highest BCUT2D eigenvalue weighted by molar-refractivity contribution is 7.80. The number of hydrogen-bond donors (Lipinski definition) is 1. The lowest BCUT2D eigenvalue weighted by molar-refractivity contribution is -0.0240. The molecule has 0 bridgehead atoms. The first-order valence-electron chi connectivity index (χ1n) is 10.1. The van der Waals surface area contributed by atoms with Crippen LogP contribution in [0.15, 0.2) is 0 Å². The number of methoxy groups -OCH3 is 1. The molecular formula is C19H40O9S. The quantitative estimate of drug-likeness (QED) is 0.153. The molecule has 176 valence electrons. The molecule has 0 heterocycles. The smallest absolute Gasteiger partial charge is 0.0701 e. The van der Waals surface area contributed by atoms with Crippen LogP contribution in [-0.4, -0.2) is 125 Å². The maximum atomic E-state index is 5.42. The van der Waals surface area contributed by atoms with Crippen LogP contribution < -0.4 is 0 Å². The summed E-state index contributed by atoms with van der Waals surface area (Å²) in [5.41, 5.74) is 0. The van der Waals surface area contributed by atoms with Crippen LogP contribution in [0.5, 0.6) is 0 Å². The molecule has 0 saturated carbocycles. The molecule has 0 aliphatic rings. The molecule has 29 heavy (non-hydrogen) atoms. The fourth-order valence-electron chi connectivity index (χ4n) is 1.85. The summed E-state index contributed by atoms with van der Waals surface area (Å²) in [5.74, 6) is 0.727. The second-order valence-electron chi connectivity index (χ2n) is 5.62. The van der Waals surface area contributed by atoms with Gasteiger partial charge in [-0.2, -0.15) is 12.6 Å². The van der Waals surface area contributed by atoms with E-state index < -0.39 is 0 Å². The van der Waals surface area contributed by atoms with Crippen LogP contribution in [0.4, 0.5) is 0 Å². The normalized spacial score (nSPS) is 11.4. The van der Waals surface area contributed by atoms with E-state index >= 15 is 0 Å². The molecule has 0 spiro atoms. The van der Waals surface area contributed by atoms with Crippen LogP contribution >= 0.6 is 12.6 Å². The van der Waals surface area contributed by atoms with Crippen molar-refractivity contribution in [1.29, 1.82) is 0 Å². The summed E-state index contributed by atoms with van der Waals surface area (Å²) in [4.78, 5) is 0. The minimum Gasteiger partial charge on any atom is -0.382 e. The lowest BCUT2D eigenvalue weighted by Crippen LogP contribution is -2.15. The van der Waals surface area contributed by atoms with Crippen LogP contribution in [0.1, 0.15) is 0 Å². The van der Waals surface area contributed by atoms with Crippen molar-refractivity contribution in [2.45, 2.75) is 0 Å². The highest BCUT2D eigenvalue weighted by Gasteiger charge is 1.95. The lowest BCUT2D eigenvalue weighted by Gasteiger charge is -2.08. The molecule has 0 aliphatic heterocycles. The average Bonchev–Trinajstić information content (AvgIpc) is 2.74. The van der Waals surface area contributed by atoms with Gasteiger partial charge < -0.3 is 42.6 Å². The van der Waals surface area contributed by atoms with Gasteiger partial charge in [-0.25, -0.2) is 0 Å². The molecule has 0 amide bonds. The molecule has 0 radical (unpaired) electrons. The maximum Gasteiger partial charge on any atom is 0.0701 e. The molecule has 0 aromatic carbocycles. The summed E-state index contributed by atoms with van der Waals surface area (Å²) in [7, 11) is 1.65. The van der Waals surface area contributed by atoms with Crippen molar-refractivity contribution in [3.05, 3.63) is 0 Å². The van der Waals surface area contributed by atoms with Crippen molar-refractivity contribution >= 4 is 12.6 Å². The summed E-state index contributed by atoms with van der Waals surface area (Å²) in [6, 6.07) is 0. The summed E-state index contributed by atoms with van der Waals surface area (Å²) < 4.78 is 47.7. The van der Waals surface area contributed by atoms with Gasteiger partial charge in [0.05, 0.1) is 112 Å². The van der Waals surface area contributed by atoms with Gasteiger partial charge >= 0.3 is 0 Å². The van der Waals surface area contributed by atoms with E-state index in [0.717, 1.165) is 5.75 Å². The SMILES string of the molecule is COCCOCCOCCOCCOCCOCCOCCOCCOCCS. The van der Waals surface area contributed by atoms with Gasteiger partial charge in [0.2, 0.25) is 0 Å². The van der Waals surface area contributed by atoms with Crippen molar-refractivity contribution < 1.29 is 42.6 Å². The molecule has 0 aromatic heterocycles. The Morgan fingerprint density at radius 1 is 0.345 bits per heavy atom. The Hall–Kier alpha value is -0.0100. The zero-order chi connectivity index (χ0) is 21.1. The van der Waals surface area contributed by atoms with Gasteiger partial charge in [-0.1, -0.05) is 0 Å². The van der Waals surface area contributed by atoms with E-state index in [1.165, 1.54) is 0 Å². The van der Waals surface area contributed by atoms with Gasteiger partial charge in [-0.3, -0.25) is 0 Å². The van der Waals surface area contributed by atoms with Crippen LogP contribution in [0.2, 0.25) is 0 Å². The van der Waals surface area contributed by atoms with Crippen LogP contribution in [-0.2, 0) is 42.6 Å². The van der Waals surface area contributed by atoms with E-state index in [0.29, 0.717) is 112 Å². The molecule has 0 rings (SSSR count). The third kappa shape index (κ3) is 28.0. The Morgan fingerprint density at radius 3 is 0.759 bits per heavy atom. The molecule has 0 aromatic rings. The largest absolute Gasteiger partial charge is 0.382 e. The van der Waals surface area contributed by atoms with E-state index in [2.05, 4.69) is 12.6 Å². The van der Waals surface area contributed by atoms with Crippen molar-refractivity contribution in [3.63, 3.8) is 0 Å². The minimum absolute atomic E-state index is 0.536. The highest BCUT2D eigenvalue weighted by atomic mass is 32.1. The van der Waals surface area contributed by atoms with Gasteiger partial charge in [0.15, 0.2) is 0 Å². The first-order valence-corrected chi connectivity index (χ1v) is 10.8. The fourth-order valence-corrected chi connectivity index (χ4v) is 1.98. The molecule has 0 N–H and O–H groups in total. The molecule has 10 heteroatoms. The van der Waals surface area contributed by atoms with E-state index in [9.17, 15) is 0 Å². The van der Waals surface area contributed by atoms with Gasteiger partial charge in [0.1, 0.15) is 0 Å². The Bertz CT molecular complexity index is 262. The Morgan fingerprint density at radius 2 is 0.552 bits per heavy atom. The van der Waals surface area contributed by atoms with Gasteiger partial charge in [-0.15, -0.1) is 0 Å². The minimum atomic E-state index is 0.536. The van der Waals surface area contributed by atoms with Gasteiger partial charge in [0, 0.05) is 12.9 Å². The Kier molecular flexibility index (Phi) is 28.0. The van der Waals surface area contributed by atoms with Crippen molar-refractivity contribution in [3.8, 4) is 0 Å². The Labute approximate surface area is 180 Å². The molecule has 9 nitrogen and oxygen atoms in total. The summed E-state index contributed by atoms with van der Waals surface area (Å²) in [6.45, 7) is 9.56. The predicted molar refractivity (Wildman–Crippen MR) is 112 cm³/mol. The fraction of sp³-hybridized carbons (Fsp3) is 1.00. The summed E-state index contributed by atoms with van der Waals surface area (Å²) in [5, 5.41) is 0. The number of rotatable bonds is 26. The van der Waals surface area contributed by atoms with E-state index in [4.69, 9.17) is 42.6 Å². The molecule has 0 saturated heterocycles. The molecule has 0 aliphatic carbocycles. The van der Waals surface area contributed by atoms with E-state index in [1.807, 2.05) is 0 Å². The van der Waals surface area contributed by atoms with Crippen molar-refractivity contribution in [2.24, 2.45) is 0 Å². The third-order valence-electron chi connectivity index (χ3n) is 3.27. The monoisotopic (exact) mass is 444 g/mol. The van der Waals surface area contributed by atoms with Crippen LogP contribution in [0.3, 0.4) is 0 Å². The highest BCUT2D eigenvalue weighted by Crippen LogP contribution is 1.86. The predicted octanol–water partition coefficient (Wildman–Crippen LogP) is 0.695. The van der Waals surface area contributed by atoms with Crippen LogP contribution in [0.25, 0.3) is 0 Å². The molecule has 0 fully saturated rings.